The number of rotatable bonds is 4. The minimum Gasteiger partial charge on any atom is -0.493 e. The van der Waals surface area contributed by atoms with E-state index in [9.17, 15) is 35.1 Å². The van der Waals surface area contributed by atoms with E-state index in [-0.39, 0.29) is 24.3 Å². The molecule has 1 unspecified atom stereocenters. The number of anilines is 1. The minimum absolute atomic E-state index is 0.00233. The van der Waals surface area contributed by atoms with E-state index in [1.807, 2.05) is 0 Å². The summed E-state index contributed by atoms with van der Waals surface area (Å²) >= 11 is 0. The molecule has 12 heteroatoms. The number of ether oxygens (including phenoxy) is 2. The van der Waals surface area contributed by atoms with Gasteiger partial charge in [-0.3, -0.25) is 0 Å². The SMILES string of the molecule is FC(F)Oc1cc(C(F)(F)F)cnc1NC1CCOc2cc(C(F)(F)F)ccc21. The zero-order valence-electron chi connectivity index (χ0n) is 14.2. The predicted molar refractivity (Wildman–Crippen MR) is 83.8 cm³/mol. The number of benzene rings is 1. The van der Waals surface area contributed by atoms with Crippen molar-refractivity contribution in [1.82, 2.24) is 4.98 Å². The summed E-state index contributed by atoms with van der Waals surface area (Å²) in [5.41, 5.74) is -1.96. The normalized spacial score (nSPS) is 16.9. The third kappa shape index (κ3) is 4.80. The largest absolute Gasteiger partial charge is 0.493 e. The molecule has 0 spiro atoms. The smallest absolute Gasteiger partial charge is 0.418 e. The van der Waals surface area contributed by atoms with E-state index in [0.29, 0.717) is 12.3 Å². The van der Waals surface area contributed by atoms with E-state index < -0.39 is 47.7 Å². The summed E-state index contributed by atoms with van der Waals surface area (Å²) in [6, 6.07) is 2.38. The molecule has 4 nitrogen and oxygen atoms in total. The average molecular weight is 428 g/mol. The molecule has 0 fully saturated rings. The van der Waals surface area contributed by atoms with Gasteiger partial charge in [-0.05, 0) is 18.2 Å². The lowest BCUT2D eigenvalue weighted by Crippen LogP contribution is -2.22. The van der Waals surface area contributed by atoms with Gasteiger partial charge in [0.1, 0.15) is 5.75 Å². The Bertz CT molecular complexity index is 883. The number of nitrogens with one attached hydrogen (secondary N) is 1. The van der Waals surface area contributed by atoms with Gasteiger partial charge >= 0.3 is 19.0 Å². The van der Waals surface area contributed by atoms with E-state index in [2.05, 4.69) is 15.0 Å². The summed E-state index contributed by atoms with van der Waals surface area (Å²) in [7, 11) is 0. The van der Waals surface area contributed by atoms with Crippen molar-refractivity contribution in [1.29, 1.82) is 0 Å². The summed E-state index contributed by atoms with van der Waals surface area (Å²) < 4.78 is 112. The Balaban J connectivity index is 1.93. The van der Waals surface area contributed by atoms with E-state index in [1.54, 1.807) is 0 Å². The fourth-order valence-electron chi connectivity index (χ4n) is 2.77. The minimum atomic E-state index is -4.83. The Morgan fingerprint density at radius 1 is 1.03 bits per heavy atom. The van der Waals surface area contributed by atoms with Crippen molar-refractivity contribution < 1.29 is 44.6 Å². The van der Waals surface area contributed by atoms with Crippen LogP contribution in [0.3, 0.4) is 0 Å². The van der Waals surface area contributed by atoms with Gasteiger partial charge in [0.25, 0.3) is 0 Å². The molecule has 1 aromatic heterocycles. The fourth-order valence-corrected chi connectivity index (χ4v) is 2.77. The lowest BCUT2D eigenvalue weighted by Gasteiger charge is -2.28. The summed E-state index contributed by atoms with van der Waals surface area (Å²) in [6.07, 6.45) is -8.78. The molecule has 0 bridgehead atoms. The van der Waals surface area contributed by atoms with E-state index in [0.717, 1.165) is 18.2 Å². The van der Waals surface area contributed by atoms with E-state index >= 15 is 0 Å². The maximum absolute atomic E-state index is 12.8. The summed E-state index contributed by atoms with van der Waals surface area (Å²) in [5.74, 6) is -1.32. The zero-order chi connectivity index (χ0) is 21.4. The zero-order valence-corrected chi connectivity index (χ0v) is 14.2. The number of hydrogen-bond acceptors (Lipinski definition) is 4. The van der Waals surface area contributed by atoms with Crippen molar-refractivity contribution in [2.75, 3.05) is 11.9 Å². The first-order valence-corrected chi connectivity index (χ1v) is 8.07. The van der Waals surface area contributed by atoms with Gasteiger partial charge in [-0.1, -0.05) is 6.07 Å². The highest BCUT2D eigenvalue weighted by Crippen LogP contribution is 2.41. The lowest BCUT2D eigenvalue weighted by molar-refractivity contribution is -0.138. The highest BCUT2D eigenvalue weighted by molar-refractivity contribution is 5.55. The van der Waals surface area contributed by atoms with Crippen LogP contribution in [-0.4, -0.2) is 18.2 Å². The third-order valence-electron chi connectivity index (χ3n) is 4.09. The van der Waals surface area contributed by atoms with Crippen LogP contribution in [0.15, 0.2) is 30.5 Å². The second-order valence-corrected chi connectivity index (χ2v) is 6.03. The number of hydrogen-bond donors (Lipinski definition) is 1. The standard InChI is InChI=1S/C17H12F8N2O2/c18-15(19)29-13-6-9(17(23,24)25)7-26-14(13)27-11-3-4-28-12-5-8(16(20,21)22)1-2-10(11)12/h1-2,5-7,11,15H,3-4H2,(H,26,27). The highest BCUT2D eigenvalue weighted by Gasteiger charge is 2.34. The summed E-state index contributed by atoms with van der Waals surface area (Å²) in [4.78, 5) is 3.51. The number of nitrogens with zero attached hydrogens (tertiary/aromatic N) is 1. The van der Waals surface area contributed by atoms with E-state index in [4.69, 9.17) is 4.74 Å². The molecular formula is C17H12F8N2O2. The van der Waals surface area contributed by atoms with Gasteiger partial charge in [-0.2, -0.15) is 35.1 Å². The molecule has 29 heavy (non-hydrogen) atoms. The van der Waals surface area contributed by atoms with Gasteiger partial charge in [-0.25, -0.2) is 4.98 Å². The van der Waals surface area contributed by atoms with Crippen LogP contribution in [0.4, 0.5) is 40.9 Å². The van der Waals surface area contributed by atoms with Gasteiger partial charge in [0.05, 0.1) is 23.8 Å². The number of pyridine rings is 1. The van der Waals surface area contributed by atoms with Crippen molar-refractivity contribution in [3.05, 3.63) is 47.2 Å². The molecule has 3 rings (SSSR count). The molecule has 1 N–H and O–H groups in total. The maximum Gasteiger partial charge on any atom is 0.418 e. The topological polar surface area (TPSA) is 43.4 Å². The quantitative estimate of drug-likeness (QED) is 0.639. The Kier molecular flexibility index (Phi) is 5.46. The van der Waals surface area contributed by atoms with Crippen molar-refractivity contribution >= 4 is 5.82 Å². The molecule has 1 atom stereocenters. The molecule has 0 saturated carbocycles. The third-order valence-corrected chi connectivity index (χ3v) is 4.09. The molecule has 1 aromatic carbocycles. The number of halogens is 8. The second kappa shape index (κ2) is 7.56. The monoisotopic (exact) mass is 428 g/mol. The van der Waals surface area contributed by atoms with Gasteiger partial charge in [0, 0.05) is 18.2 Å². The van der Waals surface area contributed by atoms with Crippen LogP contribution in [-0.2, 0) is 12.4 Å². The molecule has 0 aliphatic carbocycles. The van der Waals surface area contributed by atoms with Crippen LogP contribution < -0.4 is 14.8 Å². The molecule has 2 heterocycles. The first-order chi connectivity index (χ1) is 13.4. The predicted octanol–water partition coefficient (Wildman–Crippen LogP) is 5.66. The Morgan fingerprint density at radius 3 is 2.34 bits per heavy atom. The first kappa shape index (κ1) is 20.9. The van der Waals surface area contributed by atoms with Crippen LogP contribution in [0.25, 0.3) is 0 Å². The molecule has 0 radical (unpaired) electrons. The Morgan fingerprint density at radius 2 is 1.72 bits per heavy atom. The number of alkyl halides is 8. The maximum atomic E-state index is 12.8. The van der Waals surface area contributed by atoms with Crippen molar-refractivity contribution in [2.24, 2.45) is 0 Å². The van der Waals surface area contributed by atoms with Crippen LogP contribution in [0.2, 0.25) is 0 Å². The van der Waals surface area contributed by atoms with Crippen molar-refractivity contribution in [3.63, 3.8) is 0 Å². The molecule has 2 aromatic rings. The van der Waals surface area contributed by atoms with Gasteiger partial charge < -0.3 is 14.8 Å². The Hall–Kier alpha value is -2.79. The summed E-state index contributed by atoms with van der Waals surface area (Å²) in [5, 5.41) is 2.65. The molecular weight excluding hydrogens is 416 g/mol. The summed E-state index contributed by atoms with van der Waals surface area (Å²) in [6.45, 7) is -3.41. The molecule has 158 valence electrons. The molecule has 0 amide bonds. The van der Waals surface area contributed by atoms with E-state index in [1.165, 1.54) is 0 Å². The van der Waals surface area contributed by atoms with Crippen molar-refractivity contribution in [2.45, 2.75) is 31.4 Å². The molecule has 0 saturated heterocycles. The average Bonchev–Trinajstić information content (AvgIpc) is 2.61. The number of fused-ring (bicyclic) bond motifs is 1. The molecule has 1 aliphatic rings. The lowest BCUT2D eigenvalue weighted by atomic mass is 9.98. The van der Waals surface area contributed by atoms with Crippen LogP contribution in [0.5, 0.6) is 11.5 Å². The Labute approximate surface area is 158 Å². The first-order valence-electron chi connectivity index (χ1n) is 8.07. The van der Waals surface area contributed by atoms with Crippen LogP contribution in [0, 0.1) is 0 Å². The van der Waals surface area contributed by atoms with Crippen molar-refractivity contribution in [3.8, 4) is 11.5 Å². The van der Waals surface area contributed by atoms with Gasteiger partial charge in [-0.15, -0.1) is 0 Å². The van der Waals surface area contributed by atoms with Gasteiger partial charge in [0.2, 0.25) is 0 Å². The number of aromatic nitrogens is 1. The van der Waals surface area contributed by atoms with Crippen LogP contribution in [0.1, 0.15) is 29.2 Å². The fraction of sp³-hybridized carbons (Fsp3) is 0.353. The molecule has 1 aliphatic heterocycles. The highest BCUT2D eigenvalue weighted by atomic mass is 19.4. The van der Waals surface area contributed by atoms with Crippen LogP contribution >= 0.6 is 0 Å². The van der Waals surface area contributed by atoms with Gasteiger partial charge in [0.15, 0.2) is 11.6 Å². The second-order valence-electron chi connectivity index (χ2n) is 6.03.